The molecule has 0 fully saturated rings. The highest BCUT2D eigenvalue weighted by Crippen LogP contribution is 2.27. The van der Waals surface area contributed by atoms with Crippen LogP contribution in [-0.2, 0) is 0 Å². The van der Waals surface area contributed by atoms with Crippen molar-refractivity contribution in [2.75, 3.05) is 5.32 Å². The van der Waals surface area contributed by atoms with Crippen molar-refractivity contribution in [3.05, 3.63) is 56.7 Å². The summed E-state index contributed by atoms with van der Waals surface area (Å²) in [7, 11) is 0. The summed E-state index contributed by atoms with van der Waals surface area (Å²) in [6, 6.07) is 8.47. The first-order chi connectivity index (χ1) is 8.59. The Morgan fingerprint density at radius 2 is 2.00 bits per heavy atom. The normalized spacial score (nSPS) is 10.2. The second-order valence-electron chi connectivity index (χ2n) is 3.40. The van der Waals surface area contributed by atoms with E-state index in [2.05, 4.69) is 26.2 Å². The van der Waals surface area contributed by atoms with Crippen LogP contribution in [0.3, 0.4) is 0 Å². The maximum atomic E-state index is 12.0. The molecule has 0 spiro atoms. The fourth-order valence-electron chi connectivity index (χ4n) is 1.35. The molecule has 18 heavy (non-hydrogen) atoms. The zero-order valence-corrected chi connectivity index (χ0v) is 12.1. The number of halogens is 3. The third kappa shape index (κ3) is 2.83. The van der Waals surface area contributed by atoms with Crippen LogP contribution in [0, 0.1) is 0 Å². The molecule has 0 aliphatic heterocycles. The summed E-state index contributed by atoms with van der Waals surface area (Å²) in [5.41, 5.74) is 0.811. The second kappa shape index (κ2) is 5.69. The molecule has 0 aliphatic carbocycles. The van der Waals surface area contributed by atoms with Crippen LogP contribution in [0.25, 0.3) is 0 Å². The van der Waals surface area contributed by atoms with Gasteiger partial charge in [-0.1, -0.05) is 29.3 Å². The second-order valence-corrected chi connectivity index (χ2v) is 4.99. The molecule has 2 rings (SSSR count). The summed E-state index contributed by atoms with van der Waals surface area (Å²) >= 11 is 15.2. The van der Waals surface area contributed by atoms with Gasteiger partial charge in [-0.3, -0.25) is 4.79 Å². The molecular weight excluding hydrogens is 339 g/mol. The number of benzene rings is 1. The number of rotatable bonds is 2. The molecule has 1 amide bonds. The lowest BCUT2D eigenvalue weighted by atomic mass is 10.2. The number of hydrogen-bond donors (Lipinski definition) is 1. The molecular formula is C12H7BrCl2N2O. The van der Waals surface area contributed by atoms with Gasteiger partial charge in [-0.2, -0.15) is 0 Å². The van der Waals surface area contributed by atoms with Crippen LogP contribution in [0.4, 0.5) is 5.69 Å². The minimum atomic E-state index is -0.337. The van der Waals surface area contributed by atoms with E-state index < -0.39 is 0 Å². The van der Waals surface area contributed by atoms with Crippen LogP contribution in [0.1, 0.15) is 10.4 Å². The summed E-state index contributed by atoms with van der Waals surface area (Å²) in [6.45, 7) is 0. The molecule has 1 heterocycles. The standard InChI is InChI=1S/C12H7BrCl2N2O/c13-8-4-1-3-7(10(8)14)12(18)17-9-5-2-6-16-11(9)15/h1-6H,(H,17,18). The van der Waals surface area contributed by atoms with Crippen molar-refractivity contribution in [2.24, 2.45) is 0 Å². The van der Waals surface area contributed by atoms with Gasteiger partial charge in [-0.15, -0.1) is 0 Å². The SMILES string of the molecule is O=C(Nc1cccnc1Cl)c1cccc(Br)c1Cl. The number of carbonyl (C=O) groups is 1. The van der Waals surface area contributed by atoms with Crippen molar-refractivity contribution in [3.63, 3.8) is 0 Å². The lowest BCUT2D eigenvalue weighted by molar-refractivity contribution is 0.102. The van der Waals surface area contributed by atoms with Gasteiger partial charge in [0.25, 0.3) is 5.91 Å². The predicted octanol–water partition coefficient (Wildman–Crippen LogP) is 4.40. The van der Waals surface area contributed by atoms with E-state index in [1.807, 2.05) is 0 Å². The van der Waals surface area contributed by atoms with Crippen molar-refractivity contribution >= 4 is 50.7 Å². The van der Waals surface area contributed by atoms with Gasteiger partial charge in [-0.25, -0.2) is 4.98 Å². The number of amides is 1. The summed E-state index contributed by atoms with van der Waals surface area (Å²) in [5.74, 6) is -0.337. The number of anilines is 1. The van der Waals surface area contributed by atoms with Crippen LogP contribution in [-0.4, -0.2) is 10.9 Å². The van der Waals surface area contributed by atoms with E-state index in [-0.39, 0.29) is 11.1 Å². The quantitative estimate of drug-likeness (QED) is 0.819. The number of pyridine rings is 1. The van der Waals surface area contributed by atoms with E-state index in [1.165, 1.54) is 0 Å². The third-order valence-corrected chi connectivity index (χ3v) is 3.80. The molecule has 3 nitrogen and oxygen atoms in total. The van der Waals surface area contributed by atoms with E-state index in [0.29, 0.717) is 20.7 Å². The van der Waals surface area contributed by atoms with Gasteiger partial charge in [0.15, 0.2) is 5.15 Å². The maximum absolute atomic E-state index is 12.0. The molecule has 0 radical (unpaired) electrons. The first-order valence-corrected chi connectivity index (χ1v) is 6.50. The highest BCUT2D eigenvalue weighted by atomic mass is 79.9. The molecule has 0 saturated heterocycles. The number of nitrogens with one attached hydrogen (secondary N) is 1. The number of hydrogen-bond acceptors (Lipinski definition) is 2. The Bertz CT molecular complexity index is 604. The lowest BCUT2D eigenvalue weighted by Gasteiger charge is -2.08. The Hall–Kier alpha value is -1.10. The smallest absolute Gasteiger partial charge is 0.257 e. The maximum Gasteiger partial charge on any atom is 0.257 e. The summed E-state index contributed by atoms with van der Waals surface area (Å²) in [4.78, 5) is 15.9. The molecule has 1 aromatic carbocycles. The topological polar surface area (TPSA) is 42.0 Å². The largest absolute Gasteiger partial charge is 0.319 e. The molecule has 0 atom stereocenters. The molecule has 0 bridgehead atoms. The fraction of sp³-hybridized carbons (Fsp3) is 0. The lowest BCUT2D eigenvalue weighted by Crippen LogP contribution is -2.13. The average molecular weight is 346 g/mol. The predicted molar refractivity (Wildman–Crippen MR) is 76.4 cm³/mol. The molecule has 1 aromatic heterocycles. The van der Waals surface area contributed by atoms with E-state index >= 15 is 0 Å². The fourth-order valence-corrected chi connectivity index (χ4v) is 2.09. The first kappa shape index (κ1) is 13.3. The van der Waals surface area contributed by atoms with E-state index in [1.54, 1.807) is 36.5 Å². The van der Waals surface area contributed by atoms with E-state index in [4.69, 9.17) is 23.2 Å². The number of carbonyl (C=O) groups excluding carboxylic acids is 1. The molecule has 92 valence electrons. The highest BCUT2D eigenvalue weighted by molar-refractivity contribution is 9.10. The van der Waals surface area contributed by atoms with Crippen LogP contribution < -0.4 is 5.32 Å². The summed E-state index contributed by atoms with van der Waals surface area (Å²) in [5, 5.41) is 3.25. The highest BCUT2D eigenvalue weighted by Gasteiger charge is 2.13. The Labute approximate surface area is 122 Å². The van der Waals surface area contributed by atoms with E-state index in [9.17, 15) is 4.79 Å². The number of nitrogens with zero attached hydrogens (tertiary/aromatic N) is 1. The van der Waals surface area contributed by atoms with Crippen LogP contribution >= 0.6 is 39.1 Å². The van der Waals surface area contributed by atoms with Crippen molar-refractivity contribution in [3.8, 4) is 0 Å². The third-order valence-electron chi connectivity index (χ3n) is 2.20. The van der Waals surface area contributed by atoms with Crippen molar-refractivity contribution in [1.82, 2.24) is 4.98 Å². The average Bonchev–Trinajstić information content (AvgIpc) is 2.35. The first-order valence-electron chi connectivity index (χ1n) is 4.95. The van der Waals surface area contributed by atoms with Gasteiger partial charge in [-0.05, 0) is 40.2 Å². The van der Waals surface area contributed by atoms with Gasteiger partial charge in [0, 0.05) is 10.7 Å². The summed E-state index contributed by atoms with van der Waals surface area (Å²) < 4.78 is 0.661. The molecule has 1 N–H and O–H groups in total. The van der Waals surface area contributed by atoms with Crippen LogP contribution in [0.15, 0.2) is 41.0 Å². The van der Waals surface area contributed by atoms with Gasteiger partial charge in [0.05, 0.1) is 16.3 Å². The summed E-state index contributed by atoms with van der Waals surface area (Å²) in [6.07, 6.45) is 1.55. The minimum absolute atomic E-state index is 0.233. The Kier molecular flexibility index (Phi) is 4.22. The Morgan fingerprint density at radius 3 is 2.72 bits per heavy atom. The van der Waals surface area contributed by atoms with E-state index in [0.717, 1.165) is 0 Å². The van der Waals surface area contributed by atoms with Gasteiger partial charge >= 0.3 is 0 Å². The molecule has 0 saturated carbocycles. The van der Waals surface area contributed by atoms with Crippen LogP contribution in [0.2, 0.25) is 10.2 Å². The molecule has 0 aliphatic rings. The zero-order valence-electron chi connectivity index (χ0n) is 8.95. The Morgan fingerprint density at radius 1 is 1.22 bits per heavy atom. The zero-order chi connectivity index (χ0) is 13.1. The van der Waals surface area contributed by atoms with Gasteiger partial charge < -0.3 is 5.32 Å². The minimum Gasteiger partial charge on any atom is -0.319 e. The van der Waals surface area contributed by atoms with Crippen molar-refractivity contribution in [2.45, 2.75) is 0 Å². The molecule has 6 heteroatoms. The Balaban J connectivity index is 2.28. The van der Waals surface area contributed by atoms with Crippen LogP contribution in [0.5, 0.6) is 0 Å². The van der Waals surface area contributed by atoms with Gasteiger partial charge in [0.2, 0.25) is 0 Å². The molecule has 0 unspecified atom stereocenters. The van der Waals surface area contributed by atoms with Crippen molar-refractivity contribution < 1.29 is 4.79 Å². The number of aromatic nitrogens is 1. The van der Waals surface area contributed by atoms with Gasteiger partial charge in [0.1, 0.15) is 0 Å². The molecule has 2 aromatic rings. The van der Waals surface area contributed by atoms with Crippen molar-refractivity contribution in [1.29, 1.82) is 0 Å². The monoisotopic (exact) mass is 344 g/mol.